The molecule has 1 heterocycles. The van der Waals surface area contributed by atoms with Crippen molar-refractivity contribution in [3.05, 3.63) is 42.5 Å². The van der Waals surface area contributed by atoms with Crippen LogP contribution in [-0.4, -0.2) is 20.5 Å². The lowest BCUT2D eigenvalue weighted by molar-refractivity contribution is 0.273. The first kappa shape index (κ1) is 9.69. The second-order valence-corrected chi connectivity index (χ2v) is 3.63. The topological polar surface area (TPSA) is 27.7 Å². The summed E-state index contributed by atoms with van der Waals surface area (Å²) in [5.41, 5.74) is 0. The standard InChI is InChI=1S/C12H11BO3/c1-2-6-11-10(4-1)5-3-7-12(11)16-13-14-8-9-15-13/h1-7H,8-9H2. The zero-order valence-electron chi connectivity index (χ0n) is 8.76. The lowest BCUT2D eigenvalue weighted by Crippen LogP contribution is -2.23. The van der Waals surface area contributed by atoms with Gasteiger partial charge < -0.3 is 14.0 Å². The van der Waals surface area contributed by atoms with Gasteiger partial charge >= 0.3 is 7.32 Å². The molecule has 1 fully saturated rings. The molecule has 0 N–H and O–H groups in total. The molecule has 1 aliphatic heterocycles. The summed E-state index contributed by atoms with van der Waals surface area (Å²) in [7, 11) is -0.564. The largest absolute Gasteiger partial charge is 0.713 e. The highest BCUT2D eigenvalue weighted by Gasteiger charge is 2.29. The number of hydrogen-bond acceptors (Lipinski definition) is 3. The second-order valence-electron chi connectivity index (χ2n) is 3.63. The molecule has 0 bridgehead atoms. The minimum absolute atomic E-state index is 0.564. The van der Waals surface area contributed by atoms with Gasteiger partial charge in [0.1, 0.15) is 5.75 Å². The van der Waals surface area contributed by atoms with Crippen molar-refractivity contribution < 1.29 is 14.0 Å². The van der Waals surface area contributed by atoms with E-state index in [4.69, 9.17) is 14.0 Å². The lowest BCUT2D eigenvalue weighted by Gasteiger charge is -2.10. The minimum Gasteiger partial charge on any atom is -0.511 e. The summed E-state index contributed by atoms with van der Waals surface area (Å²) in [5, 5.41) is 2.22. The highest BCUT2D eigenvalue weighted by molar-refractivity contribution is 6.38. The lowest BCUT2D eigenvalue weighted by atomic mass is 10.1. The fraction of sp³-hybridized carbons (Fsp3) is 0.167. The van der Waals surface area contributed by atoms with Crippen LogP contribution in [0.2, 0.25) is 0 Å². The predicted molar refractivity (Wildman–Crippen MR) is 62.2 cm³/mol. The first-order valence-corrected chi connectivity index (χ1v) is 5.31. The van der Waals surface area contributed by atoms with Crippen LogP contribution in [0.4, 0.5) is 0 Å². The van der Waals surface area contributed by atoms with E-state index in [0.29, 0.717) is 13.2 Å². The third kappa shape index (κ3) is 1.77. The molecule has 1 saturated heterocycles. The highest BCUT2D eigenvalue weighted by atomic mass is 16.8. The molecular formula is C12H11BO3. The maximum atomic E-state index is 5.64. The van der Waals surface area contributed by atoms with Crippen molar-refractivity contribution in [3.8, 4) is 5.75 Å². The zero-order chi connectivity index (χ0) is 10.8. The predicted octanol–water partition coefficient (Wildman–Crippen LogP) is 2.25. The summed E-state index contributed by atoms with van der Waals surface area (Å²) >= 11 is 0. The molecule has 0 radical (unpaired) electrons. The van der Waals surface area contributed by atoms with Gasteiger partial charge in [0.05, 0.1) is 13.2 Å². The maximum Gasteiger partial charge on any atom is 0.713 e. The van der Waals surface area contributed by atoms with Crippen molar-refractivity contribution >= 4 is 18.1 Å². The molecule has 0 atom stereocenters. The Hall–Kier alpha value is -1.52. The van der Waals surface area contributed by atoms with Crippen LogP contribution in [-0.2, 0) is 9.31 Å². The van der Waals surface area contributed by atoms with Gasteiger partial charge in [0.25, 0.3) is 0 Å². The van der Waals surface area contributed by atoms with E-state index in [9.17, 15) is 0 Å². The molecule has 2 aromatic carbocycles. The summed E-state index contributed by atoms with van der Waals surface area (Å²) in [6, 6.07) is 14.0. The van der Waals surface area contributed by atoms with Gasteiger partial charge in [-0.3, -0.25) is 0 Å². The monoisotopic (exact) mass is 214 g/mol. The van der Waals surface area contributed by atoms with Crippen molar-refractivity contribution in [1.82, 2.24) is 0 Å². The quantitative estimate of drug-likeness (QED) is 0.717. The van der Waals surface area contributed by atoms with Crippen LogP contribution < -0.4 is 4.65 Å². The Morgan fingerprint density at radius 1 is 0.938 bits per heavy atom. The van der Waals surface area contributed by atoms with E-state index in [0.717, 1.165) is 16.5 Å². The summed E-state index contributed by atoms with van der Waals surface area (Å²) in [5.74, 6) is 0.796. The minimum atomic E-state index is -0.564. The Morgan fingerprint density at radius 3 is 2.56 bits per heavy atom. The van der Waals surface area contributed by atoms with Crippen LogP contribution in [0.1, 0.15) is 0 Å². The van der Waals surface area contributed by atoms with Gasteiger partial charge in [0, 0.05) is 5.39 Å². The molecule has 3 rings (SSSR count). The van der Waals surface area contributed by atoms with E-state index in [1.54, 1.807) is 0 Å². The molecule has 0 unspecified atom stereocenters. The molecule has 0 aromatic heterocycles. The van der Waals surface area contributed by atoms with E-state index in [2.05, 4.69) is 12.1 Å². The Labute approximate surface area is 94.1 Å². The highest BCUT2D eigenvalue weighted by Crippen LogP contribution is 2.26. The van der Waals surface area contributed by atoms with Crippen LogP contribution >= 0.6 is 0 Å². The normalized spacial score (nSPS) is 15.6. The third-order valence-electron chi connectivity index (χ3n) is 2.56. The summed E-state index contributed by atoms with van der Waals surface area (Å²) in [6.07, 6.45) is 0. The number of rotatable bonds is 2. The average molecular weight is 214 g/mol. The van der Waals surface area contributed by atoms with Crippen molar-refractivity contribution in [3.63, 3.8) is 0 Å². The Morgan fingerprint density at radius 2 is 1.69 bits per heavy atom. The van der Waals surface area contributed by atoms with Gasteiger partial charge in [0.2, 0.25) is 0 Å². The van der Waals surface area contributed by atoms with Crippen LogP contribution in [0, 0.1) is 0 Å². The molecule has 2 aromatic rings. The second kappa shape index (κ2) is 4.16. The van der Waals surface area contributed by atoms with Crippen LogP contribution in [0.25, 0.3) is 10.8 Å². The number of fused-ring (bicyclic) bond motifs is 1. The van der Waals surface area contributed by atoms with Crippen LogP contribution in [0.15, 0.2) is 42.5 Å². The van der Waals surface area contributed by atoms with Crippen molar-refractivity contribution in [2.75, 3.05) is 13.2 Å². The zero-order valence-corrected chi connectivity index (χ0v) is 8.76. The SMILES string of the molecule is c1ccc2c(OB3OCCO3)cccc2c1. The first-order valence-electron chi connectivity index (χ1n) is 5.31. The summed E-state index contributed by atoms with van der Waals surface area (Å²) in [4.78, 5) is 0. The molecule has 0 spiro atoms. The van der Waals surface area contributed by atoms with Crippen LogP contribution in [0.5, 0.6) is 5.75 Å². The smallest absolute Gasteiger partial charge is 0.511 e. The van der Waals surface area contributed by atoms with E-state index < -0.39 is 7.32 Å². The first-order chi connectivity index (χ1) is 7.93. The van der Waals surface area contributed by atoms with Gasteiger partial charge in [-0.1, -0.05) is 36.4 Å². The fourth-order valence-corrected chi connectivity index (χ4v) is 1.81. The number of hydrogen-bond donors (Lipinski definition) is 0. The van der Waals surface area contributed by atoms with Gasteiger partial charge in [-0.05, 0) is 11.5 Å². The van der Waals surface area contributed by atoms with Gasteiger partial charge in [-0.2, -0.15) is 0 Å². The number of benzene rings is 2. The van der Waals surface area contributed by atoms with Crippen molar-refractivity contribution in [1.29, 1.82) is 0 Å². The fourth-order valence-electron chi connectivity index (χ4n) is 1.81. The molecule has 16 heavy (non-hydrogen) atoms. The van der Waals surface area contributed by atoms with Crippen molar-refractivity contribution in [2.45, 2.75) is 0 Å². The van der Waals surface area contributed by atoms with Gasteiger partial charge in [-0.25, -0.2) is 0 Å². The molecule has 0 saturated carbocycles. The summed E-state index contributed by atoms with van der Waals surface area (Å²) in [6.45, 7) is 1.19. The Bertz CT molecular complexity index is 489. The van der Waals surface area contributed by atoms with E-state index in [1.807, 2.05) is 30.3 Å². The molecule has 3 nitrogen and oxygen atoms in total. The van der Waals surface area contributed by atoms with Gasteiger partial charge in [-0.15, -0.1) is 0 Å². The molecule has 80 valence electrons. The molecule has 4 heteroatoms. The molecule has 0 amide bonds. The van der Waals surface area contributed by atoms with Gasteiger partial charge in [0.15, 0.2) is 0 Å². The van der Waals surface area contributed by atoms with Crippen LogP contribution in [0.3, 0.4) is 0 Å². The summed E-state index contributed by atoms with van der Waals surface area (Å²) < 4.78 is 16.2. The van der Waals surface area contributed by atoms with E-state index >= 15 is 0 Å². The molecule has 1 aliphatic rings. The Balaban J connectivity index is 1.96. The third-order valence-corrected chi connectivity index (χ3v) is 2.56. The van der Waals surface area contributed by atoms with E-state index in [1.165, 1.54) is 0 Å². The molecular weight excluding hydrogens is 203 g/mol. The van der Waals surface area contributed by atoms with Crippen molar-refractivity contribution in [2.24, 2.45) is 0 Å². The molecule has 0 aliphatic carbocycles. The maximum absolute atomic E-state index is 5.64. The Kier molecular flexibility index (Phi) is 2.52. The van der Waals surface area contributed by atoms with E-state index in [-0.39, 0.29) is 0 Å². The average Bonchev–Trinajstić information content (AvgIpc) is 2.82.